The SMILES string of the molecule is C=N/C(C)=C\C(=C/C)N1CCN(CCC2CC3(CCCCC3)C(=O)O2)CC1. The zero-order chi connectivity index (χ0) is 19.3. The number of hydrogen-bond acceptors (Lipinski definition) is 5. The standard InChI is InChI=1S/C22H35N3O2/c1-4-19(16-18(2)23-3)25-14-12-24(13-15-25)11-8-20-17-22(21(26)27-20)9-6-5-7-10-22/h4,16,20H,3,5-15,17H2,1-2H3/b18-16-,19-4+. The number of esters is 1. The number of nitrogens with zero attached hydrogens (tertiary/aromatic N) is 3. The quantitative estimate of drug-likeness (QED) is 0.404. The lowest BCUT2D eigenvalue weighted by atomic mass is 9.72. The molecule has 0 bridgehead atoms. The van der Waals surface area contributed by atoms with Crippen LogP contribution in [0.3, 0.4) is 0 Å². The smallest absolute Gasteiger partial charge is 0.312 e. The average Bonchev–Trinajstić information content (AvgIpc) is 3.00. The van der Waals surface area contributed by atoms with Gasteiger partial charge in [0.25, 0.3) is 0 Å². The summed E-state index contributed by atoms with van der Waals surface area (Å²) in [5.74, 6) is 0.0905. The first-order chi connectivity index (χ1) is 13.1. The third kappa shape index (κ3) is 4.81. The van der Waals surface area contributed by atoms with Crippen molar-refractivity contribution in [3.05, 3.63) is 23.5 Å². The zero-order valence-electron chi connectivity index (χ0n) is 17.1. The number of cyclic esters (lactones) is 1. The number of rotatable bonds is 6. The first-order valence-electron chi connectivity index (χ1n) is 10.6. The lowest BCUT2D eigenvalue weighted by Crippen LogP contribution is -2.46. The molecule has 1 aliphatic carbocycles. The van der Waals surface area contributed by atoms with Crippen LogP contribution in [0.2, 0.25) is 0 Å². The molecule has 1 spiro atoms. The van der Waals surface area contributed by atoms with Gasteiger partial charge in [-0.3, -0.25) is 14.7 Å². The predicted molar refractivity (Wildman–Crippen MR) is 110 cm³/mol. The van der Waals surface area contributed by atoms with E-state index in [4.69, 9.17) is 4.74 Å². The average molecular weight is 374 g/mol. The Morgan fingerprint density at radius 3 is 2.59 bits per heavy atom. The molecule has 2 saturated heterocycles. The molecular formula is C22H35N3O2. The van der Waals surface area contributed by atoms with E-state index in [0.717, 1.165) is 64.1 Å². The van der Waals surface area contributed by atoms with E-state index in [1.54, 1.807) is 0 Å². The van der Waals surface area contributed by atoms with E-state index < -0.39 is 0 Å². The molecule has 1 saturated carbocycles. The number of ether oxygens (including phenoxy) is 1. The highest BCUT2D eigenvalue weighted by atomic mass is 16.6. The number of piperazine rings is 1. The molecule has 3 aliphatic rings. The van der Waals surface area contributed by atoms with Crippen LogP contribution in [-0.4, -0.2) is 61.3 Å². The molecule has 27 heavy (non-hydrogen) atoms. The van der Waals surface area contributed by atoms with Crippen molar-refractivity contribution in [3.63, 3.8) is 0 Å². The summed E-state index contributed by atoms with van der Waals surface area (Å²) in [5.41, 5.74) is 2.04. The zero-order valence-corrected chi connectivity index (χ0v) is 17.1. The van der Waals surface area contributed by atoms with Gasteiger partial charge in [0.15, 0.2) is 0 Å². The Hall–Kier alpha value is -1.62. The fourth-order valence-electron chi connectivity index (χ4n) is 4.81. The molecule has 3 rings (SSSR count). The summed E-state index contributed by atoms with van der Waals surface area (Å²) in [6.45, 7) is 12.8. The van der Waals surface area contributed by atoms with E-state index in [9.17, 15) is 4.79 Å². The van der Waals surface area contributed by atoms with E-state index >= 15 is 0 Å². The molecule has 5 heteroatoms. The Labute approximate surface area is 164 Å². The Morgan fingerprint density at radius 2 is 1.96 bits per heavy atom. The Morgan fingerprint density at radius 1 is 1.26 bits per heavy atom. The van der Waals surface area contributed by atoms with Crippen LogP contribution in [0.5, 0.6) is 0 Å². The third-order valence-electron chi connectivity index (χ3n) is 6.54. The maximum atomic E-state index is 12.4. The molecule has 0 aromatic rings. The monoisotopic (exact) mass is 373 g/mol. The summed E-state index contributed by atoms with van der Waals surface area (Å²) in [6, 6.07) is 0. The van der Waals surface area contributed by atoms with Crippen LogP contribution in [0.1, 0.15) is 58.8 Å². The number of hydrogen-bond donors (Lipinski definition) is 0. The Balaban J connectivity index is 1.44. The fourth-order valence-corrected chi connectivity index (χ4v) is 4.81. The van der Waals surface area contributed by atoms with Crippen LogP contribution >= 0.6 is 0 Å². The van der Waals surface area contributed by atoms with Crippen molar-refractivity contribution < 1.29 is 9.53 Å². The highest BCUT2D eigenvalue weighted by Gasteiger charge is 2.48. The van der Waals surface area contributed by atoms with E-state index in [2.05, 4.69) is 40.6 Å². The van der Waals surface area contributed by atoms with E-state index in [1.807, 2.05) is 6.92 Å². The van der Waals surface area contributed by atoms with Gasteiger partial charge in [-0.05, 0) is 45.9 Å². The van der Waals surface area contributed by atoms with Crippen LogP contribution in [0.4, 0.5) is 0 Å². The summed E-state index contributed by atoms with van der Waals surface area (Å²) in [6.07, 6.45) is 12.0. The number of carbonyl (C=O) groups excluding carboxylic acids is 1. The van der Waals surface area contributed by atoms with Gasteiger partial charge >= 0.3 is 5.97 Å². The molecule has 0 amide bonds. The van der Waals surface area contributed by atoms with Crippen LogP contribution < -0.4 is 0 Å². The van der Waals surface area contributed by atoms with Crippen LogP contribution in [-0.2, 0) is 9.53 Å². The molecule has 0 aromatic heterocycles. The van der Waals surface area contributed by atoms with Crippen molar-refractivity contribution in [3.8, 4) is 0 Å². The lowest BCUT2D eigenvalue weighted by Gasteiger charge is -2.37. The van der Waals surface area contributed by atoms with Crippen molar-refractivity contribution in [2.75, 3.05) is 32.7 Å². The summed E-state index contributed by atoms with van der Waals surface area (Å²) in [7, 11) is 0. The van der Waals surface area contributed by atoms with Crippen molar-refractivity contribution >= 4 is 12.7 Å². The second-order valence-electron chi connectivity index (χ2n) is 8.35. The molecule has 3 fully saturated rings. The second-order valence-corrected chi connectivity index (χ2v) is 8.35. The molecule has 1 atom stereocenters. The molecule has 1 unspecified atom stereocenters. The van der Waals surface area contributed by atoms with Gasteiger partial charge in [-0.15, -0.1) is 0 Å². The van der Waals surface area contributed by atoms with Gasteiger partial charge in [0, 0.05) is 50.5 Å². The van der Waals surface area contributed by atoms with Gasteiger partial charge < -0.3 is 9.64 Å². The Kier molecular flexibility index (Phi) is 6.74. The van der Waals surface area contributed by atoms with E-state index in [1.165, 1.54) is 25.0 Å². The number of carbonyl (C=O) groups is 1. The molecule has 5 nitrogen and oxygen atoms in total. The van der Waals surface area contributed by atoms with Gasteiger partial charge in [-0.2, -0.15) is 0 Å². The van der Waals surface area contributed by atoms with Crippen molar-refractivity contribution in [2.45, 2.75) is 64.9 Å². The lowest BCUT2D eigenvalue weighted by molar-refractivity contribution is -0.150. The largest absolute Gasteiger partial charge is 0.462 e. The maximum Gasteiger partial charge on any atom is 0.312 e. The van der Waals surface area contributed by atoms with Gasteiger partial charge in [-0.25, -0.2) is 0 Å². The maximum absolute atomic E-state index is 12.4. The minimum absolute atomic E-state index is 0.0905. The van der Waals surface area contributed by atoms with E-state index in [-0.39, 0.29) is 17.5 Å². The van der Waals surface area contributed by atoms with Gasteiger partial charge in [0.1, 0.15) is 6.10 Å². The summed E-state index contributed by atoms with van der Waals surface area (Å²) >= 11 is 0. The summed E-state index contributed by atoms with van der Waals surface area (Å²) in [4.78, 5) is 21.3. The highest BCUT2D eigenvalue weighted by Crippen LogP contribution is 2.46. The Bertz CT molecular complexity index is 597. The van der Waals surface area contributed by atoms with Crippen molar-refractivity contribution in [1.29, 1.82) is 0 Å². The van der Waals surface area contributed by atoms with Gasteiger partial charge in [0.05, 0.1) is 5.41 Å². The van der Waals surface area contributed by atoms with Gasteiger partial charge in [-0.1, -0.05) is 25.3 Å². The van der Waals surface area contributed by atoms with Crippen LogP contribution in [0, 0.1) is 5.41 Å². The summed E-state index contributed by atoms with van der Waals surface area (Å²) in [5, 5.41) is 0. The molecule has 0 radical (unpaired) electrons. The van der Waals surface area contributed by atoms with E-state index in [0.29, 0.717) is 0 Å². The van der Waals surface area contributed by atoms with Crippen molar-refractivity contribution in [2.24, 2.45) is 10.4 Å². The van der Waals surface area contributed by atoms with Gasteiger partial charge in [0.2, 0.25) is 0 Å². The molecule has 150 valence electrons. The third-order valence-corrected chi connectivity index (χ3v) is 6.54. The second kappa shape index (κ2) is 9.05. The van der Waals surface area contributed by atoms with Crippen LogP contribution in [0.15, 0.2) is 28.5 Å². The number of allylic oxidation sites excluding steroid dienone is 3. The molecule has 2 heterocycles. The fraction of sp³-hybridized carbons (Fsp3) is 0.727. The minimum atomic E-state index is -0.133. The highest BCUT2D eigenvalue weighted by molar-refractivity contribution is 5.79. The topological polar surface area (TPSA) is 45.1 Å². The molecule has 0 N–H and O–H groups in total. The normalized spacial score (nSPS) is 27.1. The molecular weight excluding hydrogens is 338 g/mol. The van der Waals surface area contributed by atoms with Crippen molar-refractivity contribution in [1.82, 2.24) is 9.80 Å². The molecule has 2 aliphatic heterocycles. The minimum Gasteiger partial charge on any atom is -0.462 e. The van der Waals surface area contributed by atoms with Crippen LogP contribution in [0.25, 0.3) is 0 Å². The summed E-state index contributed by atoms with van der Waals surface area (Å²) < 4.78 is 5.77. The number of aliphatic imine (C=N–C) groups is 1. The predicted octanol–water partition coefficient (Wildman–Crippen LogP) is 3.77. The first kappa shape index (κ1) is 20.1. The molecule has 0 aromatic carbocycles. The first-order valence-corrected chi connectivity index (χ1v) is 10.6.